The van der Waals surface area contributed by atoms with Gasteiger partial charge in [0, 0.05) is 24.3 Å². The van der Waals surface area contributed by atoms with Gasteiger partial charge in [-0.2, -0.15) is 0 Å². The average Bonchev–Trinajstić information content (AvgIpc) is 2.88. The number of aryl methyl sites for hydroxylation is 1. The summed E-state index contributed by atoms with van der Waals surface area (Å²) in [5.41, 5.74) is 3.19. The van der Waals surface area contributed by atoms with E-state index in [9.17, 15) is 0 Å². The second-order valence-corrected chi connectivity index (χ2v) is 4.27. The minimum atomic E-state index is 0.780. The fourth-order valence-electron chi connectivity index (χ4n) is 1.95. The van der Waals surface area contributed by atoms with Crippen LogP contribution in [-0.2, 0) is 0 Å². The number of rotatable bonds is 3. The van der Waals surface area contributed by atoms with Crippen molar-refractivity contribution in [1.29, 1.82) is 0 Å². The van der Waals surface area contributed by atoms with Gasteiger partial charge in [0.1, 0.15) is 0 Å². The molecule has 2 heterocycles. The summed E-state index contributed by atoms with van der Waals surface area (Å²) >= 11 is 0. The van der Waals surface area contributed by atoms with Crippen LogP contribution in [0, 0.1) is 6.92 Å². The van der Waals surface area contributed by atoms with E-state index in [1.54, 1.807) is 12.4 Å². The monoisotopic (exact) mass is 250 g/mol. The molecule has 19 heavy (non-hydrogen) atoms. The Hall–Kier alpha value is -2.62. The first-order valence-electron chi connectivity index (χ1n) is 6.11. The van der Waals surface area contributed by atoms with E-state index >= 15 is 0 Å². The van der Waals surface area contributed by atoms with Crippen molar-refractivity contribution in [3.05, 3.63) is 66.7 Å². The van der Waals surface area contributed by atoms with Crippen molar-refractivity contribution >= 4 is 11.6 Å². The van der Waals surface area contributed by atoms with Gasteiger partial charge in [-0.05, 0) is 30.7 Å². The molecule has 0 atom stereocenters. The van der Waals surface area contributed by atoms with Crippen LogP contribution in [0.5, 0.6) is 0 Å². The van der Waals surface area contributed by atoms with Gasteiger partial charge >= 0.3 is 0 Å². The van der Waals surface area contributed by atoms with Crippen molar-refractivity contribution < 1.29 is 0 Å². The number of para-hydroxylation sites is 1. The van der Waals surface area contributed by atoms with Crippen molar-refractivity contribution in [2.45, 2.75) is 6.92 Å². The molecule has 0 fully saturated rings. The maximum Gasteiger partial charge on any atom is 0.212 e. The number of hydrogen-bond acceptors (Lipinski definition) is 3. The number of hydrogen-bond donors (Lipinski definition) is 1. The average molecular weight is 250 g/mol. The summed E-state index contributed by atoms with van der Waals surface area (Å²) in [6.07, 6.45) is 7.33. The largest absolute Gasteiger partial charge is 0.325 e. The van der Waals surface area contributed by atoms with Crippen LogP contribution < -0.4 is 5.32 Å². The third-order valence-electron chi connectivity index (χ3n) is 2.94. The Morgan fingerprint density at radius 1 is 1.05 bits per heavy atom. The number of anilines is 2. The molecule has 4 heteroatoms. The molecule has 1 aromatic carbocycles. The number of nitrogens with zero attached hydrogens (tertiary/aromatic N) is 3. The summed E-state index contributed by atoms with van der Waals surface area (Å²) in [4.78, 5) is 8.53. The van der Waals surface area contributed by atoms with Gasteiger partial charge in [-0.15, -0.1) is 0 Å². The zero-order valence-corrected chi connectivity index (χ0v) is 10.6. The van der Waals surface area contributed by atoms with Crippen molar-refractivity contribution in [2.75, 3.05) is 5.32 Å². The van der Waals surface area contributed by atoms with E-state index in [1.807, 2.05) is 53.4 Å². The van der Waals surface area contributed by atoms with E-state index < -0.39 is 0 Å². The summed E-state index contributed by atoms with van der Waals surface area (Å²) in [7, 11) is 0. The van der Waals surface area contributed by atoms with Crippen LogP contribution in [0.3, 0.4) is 0 Å². The Balaban J connectivity index is 1.98. The van der Waals surface area contributed by atoms with Gasteiger partial charge in [0.25, 0.3) is 0 Å². The lowest BCUT2D eigenvalue weighted by Crippen LogP contribution is -2.02. The van der Waals surface area contributed by atoms with Crippen molar-refractivity contribution in [3.63, 3.8) is 0 Å². The first-order chi connectivity index (χ1) is 9.34. The molecule has 0 aliphatic rings. The molecule has 94 valence electrons. The molecule has 0 amide bonds. The van der Waals surface area contributed by atoms with Crippen LogP contribution in [-0.4, -0.2) is 14.5 Å². The fourth-order valence-corrected chi connectivity index (χ4v) is 1.95. The maximum absolute atomic E-state index is 4.35. The van der Waals surface area contributed by atoms with E-state index in [0.717, 1.165) is 22.9 Å². The predicted molar refractivity (Wildman–Crippen MR) is 75.8 cm³/mol. The molecule has 0 saturated heterocycles. The minimum Gasteiger partial charge on any atom is -0.325 e. The molecule has 0 saturated carbocycles. The normalized spacial score (nSPS) is 10.4. The van der Waals surface area contributed by atoms with Gasteiger partial charge in [-0.1, -0.05) is 18.2 Å². The Labute approximate surface area is 111 Å². The Morgan fingerprint density at radius 3 is 2.68 bits per heavy atom. The first-order valence-corrected chi connectivity index (χ1v) is 6.11. The van der Waals surface area contributed by atoms with Crippen LogP contribution in [0.4, 0.5) is 11.6 Å². The Morgan fingerprint density at radius 2 is 1.89 bits per heavy atom. The minimum absolute atomic E-state index is 0.780. The predicted octanol–water partition coefficient (Wildman–Crippen LogP) is 3.32. The summed E-state index contributed by atoms with van der Waals surface area (Å²) < 4.78 is 2.00. The summed E-state index contributed by atoms with van der Waals surface area (Å²) in [6.45, 7) is 2.06. The molecule has 0 bridgehead atoms. The van der Waals surface area contributed by atoms with E-state index in [-0.39, 0.29) is 0 Å². The van der Waals surface area contributed by atoms with Crippen LogP contribution >= 0.6 is 0 Å². The van der Waals surface area contributed by atoms with Crippen LogP contribution in [0.25, 0.3) is 5.69 Å². The summed E-state index contributed by atoms with van der Waals surface area (Å²) in [6, 6.07) is 12.0. The van der Waals surface area contributed by atoms with E-state index in [1.165, 1.54) is 0 Å². The van der Waals surface area contributed by atoms with Gasteiger partial charge in [-0.25, -0.2) is 4.98 Å². The second kappa shape index (κ2) is 4.94. The summed E-state index contributed by atoms with van der Waals surface area (Å²) in [5, 5.41) is 3.30. The smallest absolute Gasteiger partial charge is 0.212 e. The molecule has 0 radical (unpaired) electrons. The number of benzene rings is 1. The quantitative estimate of drug-likeness (QED) is 0.775. The molecule has 0 spiro atoms. The van der Waals surface area contributed by atoms with Gasteiger partial charge in [0.2, 0.25) is 5.95 Å². The van der Waals surface area contributed by atoms with E-state index in [0.29, 0.717) is 0 Å². The third kappa shape index (κ3) is 2.33. The van der Waals surface area contributed by atoms with Crippen molar-refractivity contribution in [2.24, 2.45) is 0 Å². The number of nitrogens with one attached hydrogen (secondary N) is 1. The van der Waals surface area contributed by atoms with Crippen LogP contribution in [0.1, 0.15) is 5.56 Å². The lowest BCUT2D eigenvalue weighted by molar-refractivity contribution is 1.03. The molecular weight excluding hydrogens is 236 g/mol. The highest BCUT2D eigenvalue weighted by Gasteiger charge is 2.07. The highest BCUT2D eigenvalue weighted by Crippen LogP contribution is 2.20. The van der Waals surface area contributed by atoms with Gasteiger partial charge in [-0.3, -0.25) is 9.55 Å². The lowest BCUT2D eigenvalue weighted by atomic mass is 10.2. The molecule has 0 aliphatic carbocycles. The zero-order chi connectivity index (χ0) is 13.1. The number of aromatic nitrogens is 3. The SMILES string of the molecule is Cc1ccncc1-n1ccnc1Nc1ccccc1. The highest BCUT2D eigenvalue weighted by atomic mass is 15.2. The lowest BCUT2D eigenvalue weighted by Gasteiger charge is -2.11. The molecule has 3 rings (SSSR count). The standard InChI is InChI=1S/C15H14N4/c1-12-7-8-16-11-14(12)19-10-9-17-15(19)18-13-5-3-2-4-6-13/h2-11H,1H3,(H,17,18). The highest BCUT2D eigenvalue weighted by molar-refractivity contribution is 5.56. The summed E-state index contributed by atoms with van der Waals surface area (Å²) in [5.74, 6) is 0.780. The molecule has 0 unspecified atom stereocenters. The topological polar surface area (TPSA) is 42.7 Å². The van der Waals surface area contributed by atoms with Gasteiger partial charge in [0.05, 0.1) is 11.9 Å². The van der Waals surface area contributed by atoms with E-state index in [4.69, 9.17) is 0 Å². The second-order valence-electron chi connectivity index (χ2n) is 4.27. The molecule has 1 N–H and O–H groups in total. The molecule has 4 nitrogen and oxygen atoms in total. The molecule has 0 aliphatic heterocycles. The van der Waals surface area contributed by atoms with Crippen LogP contribution in [0.15, 0.2) is 61.2 Å². The maximum atomic E-state index is 4.35. The number of pyridine rings is 1. The van der Waals surface area contributed by atoms with Crippen molar-refractivity contribution in [3.8, 4) is 5.69 Å². The Bertz CT molecular complexity index is 673. The van der Waals surface area contributed by atoms with Crippen molar-refractivity contribution in [1.82, 2.24) is 14.5 Å². The van der Waals surface area contributed by atoms with E-state index in [2.05, 4.69) is 22.2 Å². The van der Waals surface area contributed by atoms with Crippen LogP contribution in [0.2, 0.25) is 0 Å². The molecule has 2 aromatic heterocycles. The number of imidazole rings is 1. The van der Waals surface area contributed by atoms with Gasteiger partial charge in [0.15, 0.2) is 0 Å². The zero-order valence-electron chi connectivity index (χ0n) is 10.6. The first kappa shape index (κ1) is 11.5. The fraction of sp³-hybridized carbons (Fsp3) is 0.0667. The Kier molecular flexibility index (Phi) is 2.98. The molecular formula is C15H14N4. The van der Waals surface area contributed by atoms with Gasteiger partial charge < -0.3 is 5.32 Å². The third-order valence-corrected chi connectivity index (χ3v) is 2.94. The molecule has 3 aromatic rings.